The molecule has 1 heterocycles. The molecule has 7 nitrogen and oxygen atoms in total. The van der Waals surface area contributed by atoms with Crippen molar-refractivity contribution in [3.8, 4) is 11.5 Å². The molecule has 0 aromatic heterocycles. The van der Waals surface area contributed by atoms with E-state index in [0.29, 0.717) is 17.9 Å². The van der Waals surface area contributed by atoms with Crippen LogP contribution < -0.4 is 14.8 Å². The number of carbonyl (C=O) groups is 2. The third-order valence-corrected chi connectivity index (χ3v) is 7.09. The fourth-order valence-corrected chi connectivity index (χ4v) is 5.35. The van der Waals surface area contributed by atoms with Crippen molar-refractivity contribution in [2.45, 2.75) is 39.5 Å². The molecule has 2 aromatic carbocycles. The van der Waals surface area contributed by atoms with E-state index in [-0.39, 0.29) is 31.5 Å². The number of nitrogens with one attached hydrogen (secondary N) is 1. The molecular weight excluding hydrogens is 458 g/mol. The van der Waals surface area contributed by atoms with Gasteiger partial charge in [0.25, 0.3) is 0 Å². The highest BCUT2D eigenvalue weighted by Crippen LogP contribution is 2.45. The van der Waals surface area contributed by atoms with E-state index in [1.165, 1.54) is 0 Å². The Labute approximate surface area is 214 Å². The first-order chi connectivity index (χ1) is 17.5. The van der Waals surface area contributed by atoms with Gasteiger partial charge >= 0.3 is 11.9 Å². The standard InChI is InChI=1S/C29H39NO6/c1-5-35-27(31)29(28(32)36-6-2,20-22-12-13-25(33-3)26(19-22)34-4)24(23-14-16-30-17-15-23)18-21-10-8-7-9-11-21/h7-13,19,23-24,30H,5-6,14-18,20H2,1-4H3. The highest BCUT2D eigenvalue weighted by Gasteiger charge is 2.56. The maximum Gasteiger partial charge on any atom is 0.324 e. The van der Waals surface area contributed by atoms with Gasteiger partial charge in [-0.25, -0.2) is 0 Å². The van der Waals surface area contributed by atoms with Crippen LogP contribution in [0.25, 0.3) is 0 Å². The molecule has 36 heavy (non-hydrogen) atoms. The minimum Gasteiger partial charge on any atom is -0.493 e. The van der Waals surface area contributed by atoms with Crippen molar-refractivity contribution < 1.29 is 28.5 Å². The Hall–Kier alpha value is -3.06. The lowest BCUT2D eigenvalue weighted by Gasteiger charge is -2.42. The van der Waals surface area contributed by atoms with Crippen LogP contribution in [0.1, 0.15) is 37.8 Å². The first-order valence-corrected chi connectivity index (χ1v) is 12.8. The maximum absolute atomic E-state index is 13.9. The monoisotopic (exact) mass is 497 g/mol. The molecule has 0 saturated carbocycles. The van der Waals surface area contributed by atoms with Gasteiger partial charge in [0.2, 0.25) is 0 Å². The average Bonchev–Trinajstić information content (AvgIpc) is 2.91. The molecule has 7 heteroatoms. The van der Waals surface area contributed by atoms with Crippen LogP contribution in [0.4, 0.5) is 0 Å². The summed E-state index contributed by atoms with van der Waals surface area (Å²) in [5, 5.41) is 3.41. The fraction of sp³-hybridized carbons (Fsp3) is 0.517. The van der Waals surface area contributed by atoms with Crippen LogP contribution in [0.2, 0.25) is 0 Å². The van der Waals surface area contributed by atoms with Gasteiger partial charge in [-0.3, -0.25) is 9.59 Å². The summed E-state index contributed by atoms with van der Waals surface area (Å²) in [6.07, 6.45) is 2.44. The third kappa shape index (κ3) is 6.19. The number of hydrogen-bond donors (Lipinski definition) is 1. The van der Waals surface area contributed by atoms with E-state index in [4.69, 9.17) is 18.9 Å². The van der Waals surface area contributed by atoms with Crippen molar-refractivity contribution in [1.29, 1.82) is 0 Å². The minimum atomic E-state index is -1.51. The predicted octanol–water partition coefficient (Wildman–Crippen LogP) is 4.22. The number of benzene rings is 2. The van der Waals surface area contributed by atoms with Gasteiger partial charge in [0.05, 0.1) is 27.4 Å². The molecule has 0 amide bonds. The van der Waals surface area contributed by atoms with Gasteiger partial charge < -0.3 is 24.3 Å². The molecule has 1 saturated heterocycles. The van der Waals surface area contributed by atoms with Crippen LogP contribution in [-0.4, -0.2) is 52.5 Å². The Morgan fingerprint density at radius 1 is 0.889 bits per heavy atom. The lowest BCUT2D eigenvalue weighted by atomic mass is 9.62. The van der Waals surface area contributed by atoms with Crippen molar-refractivity contribution in [1.82, 2.24) is 5.32 Å². The van der Waals surface area contributed by atoms with E-state index in [0.717, 1.165) is 37.1 Å². The lowest BCUT2D eigenvalue weighted by Crippen LogP contribution is -2.53. The van der Waals surface area contributed by atoms with E-state index in [1.807, 2.05) is 42.5 Å². The molecule has 1 N–H and O–H groups in total. The minimum absolute atomic E-state index is 0.139. The van der Waals surface area contributed by atoms with Gasteiger partial charge in [-0.2, -0.15) is 0 Å². The summed E-state index contributed by atoms with van der Waals surface area (Å²) in [6.45, 7) is 5.57. The van der Waals surface area contributed by atoms with Crippen molar-refractivity contribution in [3.63, 3.8) is 0 Å². The molecule has 0 bridgehead atoms. The van der Waals surface area contributed by atoms with Crippen molar-refractivity contribution >= 4 is 11.9 Å². The van der Waals surface area contributed by atoms with Gasteiger partial charge in [-0.15, -0.1) is 0 Å². The zero-order valence-corrected chi connectivity index (χ0v) is 21.9. The van der Waals surface area contributed by atoms with E-state index < -0.39 is 17.4 Å². The largest absolute Gasteiger partial charge is 0.493 e. The van der Waals surface area contributed by atoms with Gasteiger partial charge in [0.15, 0.2) is 16.9 Å². The van der Waals surface area contributed by atoms with Crippen LogP contribution in [0.15, 0.2) is 48.5 Å². The Morgan fingerprint density at radius 3 is 2.06 bits per heavy atom. The van der Waals surface area contributed by atoms with Gasteiger partial charge in [-0.1, -0.05) is 36.4 Å². The molecule has 0 aliphatic carbocycles. The second kappa shape index (κ2) is 13.3. The highest BCUT2D eigenvalue weighted by atomic mass is 16.6. The van der Waals surface area contributed by atoms with Gasteiger partial charge in [-0.05, 0) is 87.7 Å². The second-order valence-corrected chi connectivity index (χ2v) is 9.16. The molecule has 0 spiro atoms. The normalized spacial score (nSPS) is 15.1. The molecule has 2 aromatic rings. The molecule has 1 unspecified atom stereocenters. The number of rotatable bonds is 12. The van der Waals surface area contributed by atoms with Crippen LogP contribution in [0, 0.1) is 17.3 Å². The smallest absolute Gasteiger partial charge is 0.324 e. The van der Waals surface area contributed by atoms with E-state index in [9.17, 15) is 9.59 Å². The summed E-state index contributed by atoms with van der Waals surface area (Å²) >= 11 is 0. The fourth-order valence-electron chi connectivity index (χ4n) is 5.35. The van der Waals surface area contributed by atoms with Crippen LogP contribution in [-0.2, 0) is 31.9 Å². The molecule has 1 fully saturated rings. The molecule has 196 valence electrons. The number of esters is 2. The molecule has 0 radical (unpaired) electrons. The summed E-state index contributed by atoms with van der Waals surface area (Å²) in [5.74, 6) is -0.111. The SMILES string of the molecule is CCOC(=O)C(Cc1ccc(OC)c(OC)c1)(C(=O)OCC)C(Cc1ccccc1)C1CCNCC1. The van der Waals surface area contributed by atoms with Crippen molar-refractivity contribution in [3.05, 3.63) is 59.7 Å². The van der Waals surface area contributed by atoms with E-state index in [1.54, 1.807) is 34.1 Å². The Morgan fingerprint density at radius 2 is 1.50 bits per heavy atom. The first-order valence-electron chi connectivity index (χ1n) is 12.8. The summed E-state index contributed by atoms with van der Waals surface area (Å²) in [5.41, 5.74) is 0.343. The quantitative estimate of drug-likeness (QED) is 0.347. The summed E-state index contributed by atoms with van der Waals surface area (Å²) in [6, 6.07) is 15.5. The number of carbonyl (C=O) groups excluding carboxylic acids is 2. The Bertz CT molecular complexity index is 969. The number of ether oxygens (including phenoxy) is 4. The number of piperidine rings is 1. The zero-order valence-electron chi connectivity index (χ0n) is 21.9. The molecule has 1 aliphatic rings. The van der Waals surface area contributed by atoms with Crippen molar-refractivity contribution in [2.75, 3.05) is 40.5 Å². The average molecular weight is 498 g/mol. The molecule has 3 rings (SSSR count). The zero-order chi connectivity index (χ0) is 26.0. The highest BCUT2D eigenvalue weighted by molar-refractivity contribution is 6.01. The third-order valence-electron chi connectivity index (χ3n) is 7.09. The number of methoxy groups -OCH3 is 2. The first kappa shape index (κ1) is 27.5. The summed E-state index contributed by atoms with van der Waals surface area (Å²) < 4.78 is 22.2. The maximum atomic E-state index is 13.9. The van der Waals surface area contributed by atoms with Crippen molar-refractivity contribution in [2.24, 2.45) is 17.3 Å². The molecular formula is C29H39NO6. The summed E-state index contributed by atoms with van der Waals surface area (Å²) in [7, 11) is 3.14. The second-order valence-electron chi connectivity index (χ2n) is 9.16. The molecule has 1 atom stereocenters. The topological polar surface area (TPSA) is 83.1 Å². The summed E-state index contributed by atoms with van der Waals surface area (Å²) in [4.78, 5) is 27.9. The Balaban J connectivity index is 2.19. The van der Waals surface area contributed by atoms with E-state index in [2.05, 4.69) is 5.32 Å². The van der Waals surface area contributed by atoms with Crippen LogP contribution >= 0.6 is 0 Å². The van der Waals surface area contributed by atoms with Gasteiger partial charge in [0.1, 0.15) is 0 Å². The van der Waals surface area contributed by atoms with Gasteiger partial charge in [0, 0.05) is 0 Å². The molecule has 1 aliphatic heterocycles. The van der Waals surface area contributed by atoms with E-state index >= 15 is 0 Å². The van der Waals surface area contributed by atoms with Crippen LogP contribution in [0.5, 0.6) is 11.5 Å². The lowest BCUT2D eigenvalue weighted by molar-refractivity contribution is -0.179. The van der Waals surface area contributed by atoms with Crippen LogP contribution in [0.3, 0.4) is 0 Å². The Kier molecular flexibility index (Phi) is 10.2. The predicted molar refractivity (Wildman–Crippen MR) is 138 cm³/mol. The number of hydrogen-bond acceptors (Lipinski definition) is 7.